The highest BCUT2D eigenvalue weighted by molar-refractivity contribution is 7.20. The zero-order chi connectivity index (χ0) is 23.0. The molecule has 0 aliphatic rings. The molecule has 33 heavy (non-hydrogen) atoms. The molecule has 166 valence electrons. The normalized spacial score (nSPS) is 10.5. The van der Waals surface area contributed by atoms with Gasteiger partial charge in [0.2, 0.25) is 0 Å². The summed E-state index contributed by atoms with van der Waals surface area (Å²) in [5.74, 6) is 0.0549. The molecule has 0 atom stereocenters. The van der Waals surface area contributed by atoms with Crippen molar-refractivity contribution in [2.24, 2.45) is 0 Å². The lowest BCUT2D eigenvalue weighted by Crippen LogP contribution is -2.20. The first-order valence-corrected chi connectivity index (χ1v) is 11.4. The van der Waals surface area contributed by atoms with Crippen molar-refractivity contribution in [1.29, 1.82) is 0 Å². The van der Waals surface area contributed by atoms with E-state index in [2.05, 4.69) is 22.5 Å². The Hall–Kier alpha value is -3.97. The van der Waals surface area contributed by atoms with Gasteiger partial charge in [-0.05, 0) is 36.2 Å². The van der Waals surface area contributed by atoms with Crippen LogP contribution in [0.3, 0.4) is 0 Å². The van der Waals surface area contributed by atoms with Crippen LogP contribution >= 0.6 is 11.3 Å². The summed E-state index contributed by atoms with van der Waals surface area (Å²) in [6.07, 6.45) is 0.942. The molecule has 0 spiro atoms. The third-order valence-electron chi connectivity index (χ3n) is 4.89. The Morgan fingerprint density at radius 1 is 0.879 bits per heavy atom. The summed E-state index contributed by atoms with van der Waals surface area (Å²) in [5.41, 5.74) is 3.17. The number of benzene rings is 3. The van der Waals surface area contributed by atoms with Gasteiger partial charge in [-0.3, -0.25) is 14.9 Å². The van der Waals surface area contributed by atoms with Crippen LogP contribution in [0.2, 0.25) is 0 Å². The Morgan fingerprint density at radius 2 is 1.55 bits per heavy atom. The first-order chi connectivity index (χ1) is 16.1. The monoisotopic (exact) mass is 457 g/mol. The van der Waals surface area contributed by atoms with Gasteiger partial charge in [-0.25, -0.2) is 4.98 Å². The number of carbonyl (C=O) groups excluding carboxylic acids is 2. The Labute approximate surface area is 196 Å². The number of hydrogen-bond acceptors (Lipinski definition) is 5. The SMILES string of the molecule is CCc1ccc(OCC(=O)Nc2nc(-c3ccccc3)c(NC(=O)c3ccccc3)s2)cc1. The van der Waals surface area contributed by atoms with Gasteiger partial charge in [0.15, 0.2) is 11.7 Å². The molecule has 0 fully saturated rings. The quantitative estimate of drug-likeness (QED) is 0.359. The molecule has 0 unspecified atom stereocenters. The molecule has 3 aromatic carbocycles. The van der Waals surface area contributed by atoms with Crippen molar-refractivity contribution in [3.05, 3.63) is 96.1 Å². The lowest BCUT2D eigenvalue weighted by molar-refractivity contribution is -0.118. The Kier molecular flexibility index (Phi) is 7.12. The predicted molar refractivity (Wildman–Crippen MR) is 132 cm³/mol. The number of rotatable bonds is 8. The highest BCUT2D eigenvalue weighted by Crippen LogP contribution is 2.36. The minimum Gasteiger partial charge on any atom is -0.484 e. The number of aromatic nitrogens is 1. The zero-order valence-electron chi connectivity index (χ0n) is 18.1. The molecule has 0 aliphatic heterocycles. The summed E-state index contributed by atoms with van der Waals surface area (Å²) in [4.78, 5) is 29.7. The van der Waals surface area contributed by atoms with Gasteiger partial charge in [0.05, 0.1) is 0 Å². The van der Waals surface area contributed by atoms with E-state index in [1.165, 1.54) is 16.9 Å². The molecule has 0 saturated carbocycles. The van der Waals surface area contributed by atoms with Crippen LogP contribution in [0.5, 0.6) is 5.75 Å². The van der Waals surface area contributed by atoms with E-state index in [9.17, 15) is 9.59 Å². The average molecular weight is 458 g/mol. The number of carbonyl (C=O) groups is 2. The molecule has 0 bridgehead atoms. The zero-order valence-corrected chi connectivity index (χ0v) is 18.9. The second-order valence-electron chi connectivity index (χ2n) is 7.22. The summed E-state index contributed by atoms with van der Waals surface area (Å²) in [6.45, 7) is 1.94. The average Bonchev–Trinajstić information content (AvgIpc) is 3.26. The predicted octanol–water partition coefficient (Wildman–Crippen LogP) is 5.64. The van der Waals surface area contributed by atoms with Gasteiger partial charge in [0, 0.05) is 11.1 Å². The molecule has 7 heteroatoms. The lowest BCUT2D eigenvalue weighted by atomic mass is 10.1. The third-order valence-corrected chi connectivity index (χ3v) is 5.77. The third kappa shape index (κ3) is 5.84. The first-order valence-electron chi connectivity index (χ1n) is 10.6. The van der Waals surface area contributed by atoms with Crippen LogP contribution in [0.15, 0.2) is 84.9 Å². The van der Waals surface area contributed by atoms with E-state index in [0.29, 0.717) is 27.1 Å². The molecule has 1 aromatic heterocycles. The number of amides is 2. The number of nitrogens with one attached hydrogen (secondary N) is 2. The van der Waals surface area contributed by atoms with Gasteiger partial charge < -0.3 is 10.1 Å². The Bertz CT molecular complexity index is 1220. The van der Waals surface area contributed by atoms with E-state index in [0.717, 1.165) is 12.0 Å². The van der Waals surface area contributed by atoms with Crippen molar-refractivity contribution in [2.45, 2.75) is 13.3 Å². The molecule has 4 rings (SSSR count). The van der Waals surface area contributed by atoms with E-state index in [-0.39, 0.29) is 18.4 Å². The molecular formula is C26H23N3O3S. The number of aryl methyl sites for hydroxylation is 1. The van der Waals surface area contributed by atoms with Crippen LogP contribution < -0.4 is 15.4 Å². The maximum absolute atomic E-state index is 12.7. The molecule has 6 nitrogen and oxygen atoms in total. The summed E-state index contributed by atoms with van der Waals surface area (Å²) in [6, 6.07) is 26.1. The van der Waals surface area contributed by atoms with Crippen molar-refractivity contribution < 1.29 is 14.3 Å². The summed E-state index contributed by atoms with van der Waals surface area (Å²) >= 11 is 1.20. The van der Waals surface area contributed by atoms with Crippen molar-refractivity contribution in [3.8, 4) is 17.0 Å². The van der Waals surface area contributed by atoms with Crippen molar-refractivity contribution in [3.63, 3.8) is 0 Å². The topological polar surface area (TPSA) is 80.3 Å². The number of nitrogens with zero attached hydrogens (tertiary/aromatic N) is 1. The largest absolute Gasteiger partial charge is 0.484 e. The molecule has 0 radical (unpaired) electrons. The standard InChI is InChI=1S/C26H23N3O3S/c1-2-18-13-15-21(16-14-18)32-17-22(30)27-26-28-23(19-9-5-3-6-10-19)25(33-26)29-24(31)20-11-7-4-8-12-20/h3-16H,2,17H2,1H3,(H,29,31)(H,27,28,30). The van der Waals surface area contributed by atoms with Gasteiger partial charge in [0.1, 0.15) is 16.4 Å². The second kappa shape index (κ2) is 10.6. The van der Waals surface area contributed by atoms with Crippen molar-refractivity contribution >= 4 is 33.3 Å². The van der Waals surface area contributed by atoms with Gasteiger partial charge in [-0.15, -0.1) is 0 Å². The molecular weight excluding hydrogens is 434 g/mol. The summed E-state index contributed by atoms with van der Waals surface area (Å²) in [5, 5.41) is 6.63. The highest BCUT2D eigenvalue weighted by atomic mass is 32.1. The van der Waals surface area contributed by atoms with E-state index in [4.69, 9.17) is 4.74 Å². The van der Waals surface area contributed by atoms with Crippen LogP contribution in [-0.2, 0) is 11.2 Å². The number of ether oxygens (including phenoxy) is 1. The molecule has 0 aliphatic carbocycles. The van der Waals surface area contributed by atoms with Gasteiger partial charge in [-0.1, -0.05) is 78.9 Å². The van der Waals surface area contributed by atoms with Gasteiger partial charge in [-0.2, -0.15) is 0 Å². The maximum atomic E-state index is 12.7. The number of thiazole rings is 1. The molecule has 2 N–H and O–H groups in total. The fraction of sp³-hybridized carbons (Fsp3) is 0.115. The van der Waals surface area contributed by atoms with Crippen LogP contribution in [0, 0.1) is 0 Å². The van der Waals surface area contributed by atoms with Crippen LogP contribution in [-0.4, -0.2) is 23.4 Å². The van der Waals surface area contributed by atoms with E-state index >= 15 is 0 Å². The smallest absolute Gasteiger partial charge is 0.264 e. The highest BCUT2D eigenvalue weighted by Gasteiger charge is 2.18. The first kappa shape index (κ1) is 22.2. The van der Waals surface area contributed by atoms with Crippen LogP contribution in [0.25, 0.3) is 11.3 Å². The van der Waals surface area contributed by atoms with Crippen molar-refractivity contribution in [2.75, 3.05) is 17.2 Å². The lowest BCUT2D eigenvalue weighted by Gasteiger charge is -2.06. The van der Waals surface area contributed by atoms with Gasteiger partial charge >= 0.3 is 0 Å². The molecule has 4 aromatic rings. The Morgan fingerprint density at radius 3 is 2.21 bits per heavy atom. The maximum Gasteiger partial charge on any atom is 0.264 e. The molecule has 0 saturated heterocycles. The number of anilines is 2. The van der Waals surface area contributed by atoms with Crippen molar-refractivity contribution in [1.82, 2.24) is 4.98 Å². The van der Waals surface area contributed by atoms with E-state index < -0.39 is 0 Å². The fourth-order valence-corrected chi connectivity index (χ4v) is 4.04. The van der Waals surface area contributed by atoms with Crippen LogP contribution in [0.1, 0.15) is 22.8 Å². The molecule has 1 heterocycles. The minimum atomic E-state index is -0.330. The van der Waals surface area contributed by atoms with Gasteiger partial charge in [0.25, 0.3) is 11.8 Å². The van der Waals surface area contributed by atoms with E-state index in [1.54, 1.807) is 24.3 Å². The summed E-state index contributed by atoms with van der Waals surface area (Å²) < 4.78 is 5.58. The van der Waals surface area contributed by atoms with Crippen LogP contribution in [0.4, 0.5) is 10.1 Å². The summed E-state index contributed by atoms with van der Waals surface area (Å²) in [7, 11) is 0. The number of hydrogen-bond donors (Lipinski definition) is 2. The Balaban J connectivity index is 1.48. The molecule has 2 amide bonds. The second-order valence-corrected chi connectivity index (χ2v) is 8.22. The minimum absolute atomic E-state index is 0.141. The van der Waals surface area contributed by atoms with E-state index in [1.807, 2.05) is 60.7 Å². The fourth-order valence-electron chi connectivity index (χ4n) is 3.14.